The molecule has 1 aromatic heterocycles. The second-order valence-electron chi connectivity index (χ2n) is 4.41. The number of hydrogen-bond acceptors (Lipinski definition) is 3. The molecule has 1 aliphatic carbocycles. The Morgan fingerprint density at radius 3 is 2.94 bits per heavy atom. The lowest BCUT2D eigenvalue weighted by Gasteiger charge is -2.06. The average Bonchev–Trinajstić information content (AvgIpc) is 3.13. The summed E-state index contributed by atoms with van der Waals surface area (Å²) in [6.45, 7) is 0. The third-order valence-corrected chi connectivity index (χ3v) is 3.30. The summed E-state index contributed by atoms with van der Waals surface area (Å²) in [7, 11) is 0. The zero-order chi connectivity index (χ0) is 12.7. The minimum atomic E-state index is -0.445. The molecule has 18 heavy (non-hydrogen) atoms. The Balaban J connectivity index is 2.14. The van der Waals surface area contributed by atoms with Gasteiger partial charge in [0.05, 0.1) is 5.69 Å². The van der Waals surface area contributed by atoms with Gasteiger partial charge >= 0.3 is 0 Å². The van der Waals surface area contributed by atoms with E-state index in [2.05, 4.69) is 10.2 Å². The van der Waals surface area contributed by atoms with E-state index in [1.165, 1.54) is 0 Å². The van der Waals surface area contributed by atoms with Gasteiger partial charge in [0.25, 0.3) is 0 Å². The molecule has 6 heteroatoms. The number of amides is 1. The van der Waals surface area contributed by atoms with Gasteiger partial charge in [-0.15, -0.1) is 0 Å². The van der Waals surface area contributed by atoms with Crippen molar-refractivity contribution in [3.8, 4) is 5.69 Å². The predicted molar refractivity (Wildman–Crippen MR) is 69.2 cm³/mol. The maximum absolute atomic E-state index is 11.2. The summed E-state index contributed by atoms with van der Waals surface area (Å²) < 4.78 is 2.41. The van der Waals surface area contributed by atoms with Crippen LogP contribution in [0, 0.1) is 4.77 Å². The van der Waals surface area contributed by atoms with Crippen LogP contribution in [0.1, 0.15) is 34.9 Å². The molecule has 0 aliphatic heterocycles. The van der Waals surface area contributed by atoms with Gasteiger partial charge in [0, 0.05) is 11.5 Å². The summed E-state index contributed by atoms with van der Waals surface area (Å²) in [5.74, 6) is 0.955. The van der Waals surface area contributed by atoms with E-state index >= 15 is 0 Å². The van der Waals surface area contributed by atoms with Crippen LogP contribution < -0.4 is 5.73 Å². The SMILES string of the molecule is NC(=O)c1cccc(-n2c(C3CC3)n[nH]c2=S)c1. The lowest BCUT2D eigenvalue weighted by atomic mass is 10.2. The van der Waals surface area contributed by atoms with Crippen LogP contribution in [0.25, 0.3) is 5.69 Å². The molecule has 0 unspecified atom stereocenters. The van der Waals surface area contributed by atoms with Gasteiger partial charge in [-0.2, -0.15) is 5.10 Å². The molecule has 2 aromatic rings. The number of nitrogens with two attached hydrogens (primary N) is 1. The molecule has 0 bridgehead atoms. The second kappa shape index (κ2) is 4.06. The average molecular weight is 260 g/mol. The summed E-state index contributed by atoms with van der Waals surface area (Å²) in [6, 6.07) is 7.11. The number of hydrogen-bond donors (Lipinski definition) is 2. The molecule has 1 aromatic carbocycles. The Kier molecular flexibility index (Phi) is 2.52. The van der Waals surface area contributed by atoms with E-state index in [-0.39, 0.29) is 0 Å². The Hall–Kier alpha value is -1.95. The molecule has 1 fully saturated rings. The minimum absolute atomic E-state index is 0.445. The van der Waals surface area contributed by atoms with Crippen LogP contribution in [0.5, 0.6) is 0 Å². The summed E-state index contributed by atoms with van der Waals surface area (Å²) in [5, 5.41) is 7.06. The lowest BCUT2D eigenvalue weighted by molar-refractivity contribution is 0.100. The first-order valence-electron chi connectivity index (χ1n) is 5.74. The first-order valence-corrected chi connectivity index (χ1v) is 6.15. The van der Waals surface area contributed by atoms with Crippen LogP contribution in [0.3, 0.4) is 0 Å². The maximum atomic E-state index is 11.2. The number of benzene rings is 1. The van der Waals surface area contributed by atoms with E-state index in [1.807, 2.05) is 10.6 Å². The summed E-state index contributed by atoms with van der Waals surface area (Å²) >= 11 is 5.24. The molecular weight excluding hydrogens is 248 g/mol. The number of rotatable bonds is 3. The molecule has 0 atom stereocenters. The number of nitrogens with zero attached hydrogens (tertiary/aromatic N) is 2. The molecule has 1 amide bonds. The zero-order valence-electron chi connectivity index (χ0n) is 9.59. The topological polar surface area (TPSA) is 76.7 Å². The van der Waals surface area contributed by atoms with Crippen LogP contribution in [0.2, 0.25) is 0 Å². The largest absolute Gasteiger partial charge is 0.366 e. The summed E-state index contributed by atoms with van der Waals surface area (Å²) in [6.07, 6.45) is 2.27. The Morgan fingerprint density at radius 1 is 1.50 bits per heavy atom. The molecule has 3 N–H and O–H groups in total. The smallest absolute Gasteiger partial charge is 0.248 e. The lowest BCUT2D eigenvalue weighted by Crippen LogP contribution is -2.11. The van der Waals surface area contributed by atoms with Crippen LogP contribution in [0.15, 0.2) is 24.3 Å². The number of nitrogens with one attached hydrogen (secondary N) is 1. The third-order valence-electron chi connectivity index (χ3n) is 3.03. The van der Waals surface area contributed by atoms with Crippen molar-refractivity contribution in [2.45, 2.75) is 18.8 Å². The van der Waals surface area contributed by atoms with E-state index in [0.717, 1.165) is 24.4 Å². The van der Waals surface area contributed by atoms with Gasteiger partial charge in [0.1, 0.15) is 5.82 Å². The van der Waals surface area contributed by atoms with Crippen LogP contribution >= 0.6 is 12.2 Å². The fourth-order valence-electron chi connectivity index (χ4n) is 1.97. The van der Waals surface area contributed by atoms with Crippen molar-refractivity contribution in [3.05, 3.63) is 40.4 Å². The summed E-state index contributed by atoms with van der Waals surface area (Å²) in [5.41, 5.74) is 6.58. The van der Waals surface area contributed by atoms with Crippen molar-refractivity contribution in [1.29, 1.82) is 0 Å². The highest BCUT2D eigenvalue weighted by atomic mass is 32.1. The molecule has 5 nitrogen and oxygen atoms in total. The van der Waals surface area contributed by atoms with Gasteiger partial charge in [0.15, 0.2) is 4.77 Å². The van der Waals surface area contributed by atoms with Gasteiger partial charge in [-0.1, -0.05) is 6.07 Å². The monoisotopic (exact) mass is 260 g/mol. The molecule has 1 saturated carbocycles. The van der Waals surface area contributed by atoms with Crippen LogP contribution in [0.4, 0.5) is 0 Å². The third kappa shape index (κ3) is 1.84. The highest BCUT2D eigenvalue weighted by Gasteiger charge is 2.29. The van der Waals surface area contributed by atoms with E-state index in [9.17, 15) is 4.79 Å². The molecule has 0 spiro atoms. The number of aromatic amines is 1. The van der Waals surface area contributed by atoms with E-state index in [1.54, 1.807) is 18.2 Å². The minimum Gasteiger partial charge on any atom is -0.366 e. The molecule has 92 valence electrons. The quantitative estimate of drug-likeness (QED) is 0.827. The molecular formula is C12H12N4OS. The van der Waals surface area contributed by atoms with Gasteiger partial charge in [0.2, 0.25) is 5.91 Å². The van der Waals surface area contributed by atoms with E-state index in [4.69, 9.17) is 18.0 Å². The number of carbonyl (C=O) groups is 1. The van der Waals surface area contributed by atoms with Crippen molar-refractivity contribution >= 4 is 18.1 Å². The zero-order valence-corrected chi connectivity index (χ0v) is 10.4. The number of carbonyl (C=O) groups excluding carboxylic acids is 1. The molecule has 3 rings (SSSR count). The number of aromatic nitrogens is 3. The van der Waals surface area contributed by atoms with Gasteiger partial charge in [-0.25, -0.2) is 0 Å². The number of primary amides is 1. The number of H-pyrrole nitrogens is 1. The first kappa shape index (κ1) is 11.2. The highest BCUT2D eigenvalue weighted by molar-refractivity contribution is 7.71. The fraction of sp³-hybridized carbons (Fsp3) is 0.250. The molecule has 0 radical (unpaired) electrons. The van der Waals surface area contributed by atoms with E-state index in [0.29, 0.717) is 16.3 Å². The van der Waals surface area contributed by atoms with Crippen molar-refractivity contribution < 1.29 is 4.79 Å². The molecule has 0 saturated heterocycles. The van der Waals surface area contributed by atoms with Crippen LogP contribution in [-0.2, 0) is 0 Å². The highest BCUT2D eigenvalue weighted by Crippen LogP contribution is 2.39. The van der Waals surface area contributed by atoms with Gasteiger partial charge in [-0.3, -0.25) is 14.5 Å². The molecule has 1 aliphatic rings. The van der Waals surface area contributed by atoms with Crippen molar-refractivity contribution in [2.24, 2.45) is 5.73 Å². The van der Waals surface area contributed by atoms with Gasteiger partial charge in [-0.05, 0) is 43.3 Å². The maximum Gasteiger partial charge on any atom is 0.248 e. The van der Waals surface area contributed by atoms with Crippen molar-refractivity contribution in [2.75, 3.05) is 0 Å². The Labute approximate surface area is 109 Å². The van der Waals surface area contributed by atoms with Gasteiger partial charge < -0.3 is 5.73 Å². The van der Waals surface area contributed by atoms with Crippen molar-refractivity contribution in [1.82, 2.24) is 14.8 Å². The fourth-order valence-corrected chi connectivity index (χ4v) is 2.22. The second-order valence-corrected chi connectivity index (χ2v) is 4.80. The van der Waals surface area contributed by atoms with Crippen LogP contribution in [-0.4, -0.2) is 20.7 Å². The Morgan fingerprint density at radius 2 is 2.28 bits per heavy atom. The van der Waals surface area contributed by atoms with E-state index < -0.39 is 5.91 Å². The molecule has 1 heterocycles. The normalized spacial score (nSPS) is 14.7. The van der Waals surface area contributed by atoms with Crippen molar-refractivity contribution in [3.63, 3.8) is 0 Å². The first-order chi connectivity index (χ1) is 8.66. The summed E-state index contributed by atoms with van der Waals surface area (Å²) in [4.78, 5) is 11.2. The standard InChI is InChI=1S/C12H12N4OS/c13-10(17)8-2-1-3-9(6-8)16-11(7-4-5-7)14-15-12(16)18/h1-3,6-7H,4-5H2,(H2,13,17)(H,15,18). The Bertz CT molecular complexity index is 669. The predicted octanol–water partition coefficient (Wildman–Crippen LogP) is 1.91.